The molecule has 5 heteroatoms. The Hall–Kier alpha value is -1.91. The van der Waals surface area contributed by atoms with Crippen molar-refractivity contribution < 1.29 is 0 Å². The van der Waals surface area contributed by atoms with Crippen molar-refractivity contribution in [2.24, 2.45) is 0 Å². The molecule has 0 saturated carbocycles. The van der Waals surface area contributed by atoms with Gasteiger partial charge >= 0.3 is 0 Å². The van der Waals surface area contributed by atoms with Crippen molar-refractivity contribution in [3.63, 3.8) is 0 Å². The molecular formula is C8H9N5. The predicted octanol–water partition coefficient (Wildman–Crippen LogP) is 0.704. The molecule has 13 heavy (non-hydrogen) atoms. The summed E-state index contributed by atoms with van der Waals surface area (Å²) in [6, 6.07) is 7.83. The minimum atomic E-state index is 0.948. The maximum atomic E-state index is 3.78. The summed E-state index contributed by atoms with van der Waals surface area (Å²) >= 11 is 0. The maximum absolute atomic E-state index is 3.78. The van der Waals surface area contributed by atoms with E-state index in [1.54, 1.807) is 11.0 Å². The van der Waals surface area contributed by atoms with Crippen molar-refractivity contribution in [3.05, 3.63) is 30.6 Å². The second kappa shape index (κ2) is 3.22. The Balaban J connectivity index is 2.33. The number of aromatic nitrogens is 4. The van der Waals surface area contributed by atoms with Crippen LogP contribution >= 0.6 is 0 Å². The molecule has 66 valence electrons. The van der Waals surface area contributed by atoms with E-state index in [4.69, 9.17) is 0 Å². The summed E-state index contributed by atoms with van der Waals surface area (Å²) in [7, 11) is 1.88. The molecule has 0 radical (unpaired) electrons. The fourth-order valence-corrected chi connectivity index (χ4v) is 1.06. The van der Waals surface area contributed by atoms with E-state index in [2.05, 4.69) is 20.8 Å². The molecule has 0 fully saturated rings. The summed E-state index contributed by atoms with van der Waals surface area (Å²) in [6.07, 6.45) is 1.56. The molecule has 0 aliphatic heterocycles. The summed E-state index contributed by atoms with van der Waals surface area (Å²) in [4.78, 5) is 0. The van der Waals surface area contributed by atoms with E-state index in [9.17, 15) is 0 Å². The first-order chi connectivity index (χ1) is 6.40. The van der Waals surface area contributed by atoms with Crippen molar-refractivity contribution in [2.75, 3.05) is 12.4 Å². The average Bonchev–Trinajstić information content (AvgIpc) is 2.71. The van der Waals surface area contributed by atoms with Crippen LogP contribution in [0.5, 0.6) is 0 Å². The fraction of sp³-hybridized carbons (Fsp3) is 0.125. The highest BCUT2D eigenvalue weighted by Crippen LogP contribution is 2.10. The lowest BCUT2D eigenvalue weighted by Crippen LogP contribution is -1.95. The molecule has 1 heterocycles. The van der Waals surface area contributed by atoms with Gasteiger partial charge in [-0.3, -0.25) is 0 Å². The molecule has 0 bridgehead atoms. The molecule has 1 aromatic heterocycles. The van der Waals surface area contributed by atoms with Crippen LogP contribution < -0.4 is 5.32 Å². The molecule has 0 spiro atoms. The Morgan fingerprint density at radius 2 is 2.00 bits per heavy atom. The highest BCUT2D eigenvalue weighted by atomic mass is 15.5. The van der Waals surface area contributed by atoms with Gasteiger partial charge in [0.05, 0.1) is 5.69 Å². The van der Waals surface area contributed by atoms with Gasteiger partial charge in [-0.05, 0) is 34.7 Å². The van der Waals surface area contributed by atoms with Gasteiger partial charge in [-0.2, -0.15) is 0 Å². The number of hydrogen-bond donors (Lipinski definition) is 1. The first-order valence-corrected chi connectivity index (χ1v) is 3.91. The summed E-state index contributed by atoms with van der Waals surface area (Å²) in [5, 5.41) is 13.9. The van der Waals surface area contributed by atoms with Crippen LogP contribution in [0, 0.1) is 0 Å². The second-order valence-corrected chi connectivity index (χ2v) is 2.55. The number of rotatable bonds is 2. The first kappa shape index (κ1) is 7.72. The minimum Gasteiger partial charge on any atom is -0.388 e. The highest BCUT2D eigenvalue weighted by molar-refractivity contribution is 5.47. The van der Waals surface area contributed by atoms with Gasteiger partial charge in [0.25, 0.3) is 0 Å². The minimum absolute atomic E-state index is 0.948. The highest BCUT2D eigenvalue weighted by Gasteiger charge is 1.96. The molecule has 5 nitrogen and oxygen atoms in total. The molecule has 0 aliphatic carbocycles. The summed E-state index contributed by atoms with van der Waals surface area (Å²) in [5.41, 5.74) is 2.01. The zero-order chi connectivity index (χ0) is 9.10. The van der Waals surface area contributed by atoms with Crippen molar-refractivity contribution in [2.45, 2.75) is 0 Å². The van der Waals surface area contributed by atoms with Gasteiger partial charge < -0.3 is 5.32 Å². The third kappa shape index (κ3) is 1.48. The molecule has 0 atom stereocenters. The number of nitrogens with one attached hydrogen (secondary N) is 1. The normalized spacial score (nSPS) is 9.92. The Kier molecular flexibility index (Phi) is 1.91. The van der Waals surface area contributed by atoms with Crippen LogP contribution in [-0.4, -0.2) is 27.3 Å². The van der Waals surface area contributed by atoms with Gasteiger partial charge in [0.15, 0.2) is 0 Å². The molecular weight excluding hydrogens is 166 g/mol. The van der Waals surface area contributed by atoms with Gasteiger partial charge in [0.2, 0.25) is 0 Å². The van der Waals surface area contributed by atoms with Crippen LogP contribution in [0.15, 0.2) is 30.6 Å². The summed E-state index contributed by atoms with van der Waals surface area (Å²) in [5.74, 6) is 0. The second-order valence-electron chi connectivity index (χ2n) is 2.55. The van der Waals surface area contributed by atoms with Gasteiger partial charge in [0.1, 0.15) is 6.33 Å². The molecule has 0 amide bonds. The zero-order valence-electron chi connectivity index (χ0n) is 7.18. The number of tetrazole rings is 1. The average molecular weight is 175 g/mol. The quantitative estimate of drug-likeness (QED) is 0.730. The lowest BCUT2D eigenvalue weighted by molar-refractivity contribution is 0.789. The Labute approximate surface area is 75.4 Å². The van der Waals surface area contributed by atoms with Crippen molar-refractivity contribution in [3.8, 4) is 5.69 Å². The van der Waals surface area contributed by atoms with Crippen LogP contribution in [-0.2, 0) is 0 Å². The Morgan fingerprint density at radius 1 is 1.23 bits per heavy atom. The van der Waals surface area contributed by atoms with Gasteiger partial charge in [-0.15, -0.1) is 5.10 Å². The Bertz CT molecular complexity index is 364. The number of anilines is 1. The van der Waals surface area contributed by atoms with E-state index < -0.39 is 0 Å². The molecule has 2 rings (SSSR count). The maximum Gasteiger partial charge on any atom is 0.143 e. The molecule has 0 saturated heterocycles. The lowest BCUT2D eigenvalue weighted by atomic mass is 10.3. The van der Waals surface area contributed by atoms with E-state index in [0.29, 0.717) is 0 Å². The molecule has 0 unspecified atom stereocenters. The largest absolute Gasteiger partial charge is 0.388 e. The lowest BCUT2D eigenvalue weighted by Gasteiger charge is -2.01. The van der Waals surface area contributed by atoms with Crippen molar-refractivity contribution >= 4 is 5.69 Å². The number of benzene rings is 1. The summed E-state index contributed by atoms with van der Waals surface area (Å²) < 4.78 is 1.61. The van der Waals surface area contributed by atoms with Crippen LogP contribution in [0.25, 0.3) is 5.69 Å². The van der Waals surface area contributed by atoms with Gasteiger partial charge in [-0.1, -0.05) is 0 Å². The van der Waals surface area contributed by atoms with Crippen LogP contribution in [0.1, 0.15) is 0 Å². The first-order valence-electron chi connectivity index (χ1n) is 3.91. The molecule has 2 aromatic rings. The van der Waals surface area contributed by atoms with E-state index in [0.717, 1.165) is 11.4 Å². The number of hydrogen-bond acceptors (Lipinski definition) is 4. The van der Waals surface area contributed by atoms with E-state index >= 15 is 0 Å². The molecule has 1 aromatic carbocycles. The van der Waals surface area contributed by atoms with E-state index in [-0.39, 0.29) is 0 Å². The third-order valence-electron chi connectivity index (χ3n) is 1.77. The fourth-order valence-electron chi connectivity index (χ4n) is 1.06. The molecule has 0 aliphatic rings. The van der Waals surface area contributed by atoms with Gasteiger partial charge in [-0.25, -0.2) is 4.68 Å². The third-order valence-corrected chi connectivity index (χ3v) is 1.77. The topological polar surface area (TPSA) is 55.6 Å². The summed E-state index contributed by atoms with van der Waals surface area (Å²) in [6.45, 7) is 0. The standard InChI is InChI=1S/C8H9N5/c1-9-7-2-4-8(5-3-7)13-6-10-11-12-13/h2-6,9H,1H3. The van der Waals surface area contributed by atoms with Crippen LogP contribution in [0.3, 0.4) is 0 Å². The van der Waals surface area contributed by atoms with Crippen molar-refractivity contribution in [1.82, 2.24) is 20.2 Å². The number of nitrogens with zero attached hydrogens (tertiary/aromatic N) is 4. The van der Waals surface area contributed by atoms with Crippen LogP contribution in [0.4, 0.5) is 5.69 Å². The van der Waals surface area contributed by atoms with E-state index in [1.807, 2.05) is 31.3 Å². The van der Waals surface area contributed by atoms with Crippen LogP contribution in [0.2, 0.25) is 0 Å². The smallest absolute Gasteiger partial charge is 0.143 e. The molecule has 1 N–H and O–H groups in total. The van der Waals surface area contributed by atoms with Gasteiger partial charge in [0, 0.05) is 12.7 Å². The van der Waals surface area contributed by atoms with E-state index in [1.165, 1.54) is 0 Å². The predicted molar refractivity (Wildman–Crippen MR) is 48.7 cm³/mol. The zero-order valence-corrected chi connectivity index (χ0v) is 7.18. The monoisotopic (exact) mass is 175 g/mol. The van der Waals surface area contributed by atoms with Crippen molar-refractivity contribution in [1.29, 1.82) is 0 Å². The Morgan fingerprint density at radius 3 is 2.54 bits per heavy atom. The SMILES string of the molecule is CNc1ccc(-n2cnnn2)cc1.